The fourth-order valence-corrected chi connectivity index (χ4v) is 14.2. The molecule has 0 saturated heterocycles. The van der Waals surface area contributed by atoms with Gasteiger partial charge in [-0.2, -0.15) is 4.98 Å². The second kappa shape index (κ2) is 12.4. The SMILES string of the molecule is c1ccc([Si](c2ccccc2)(c2cccc(-c3ccc4nc5n(c4c3)-c3ccccc3C5)c2)c2cccc(-c3ccc4nc5oc6ccccc6n5c4c3)c2)cc1. The summed E-state index contributed by atoms with van der Waals surface area (Å²) in [6.45, 7) is 0. The summed E-state index contributed by atoms with van der Waals surface area (Å²) in [5, 5.41) is 5.33. The van der Waals surface area contributed by atoms with Gasteiger partial charge >= 0.3 is 5.84 Å². The van der Waals surface area contributed by atoms with Gasteiger partial charge in [-0.15, -0.1) is 0 Å². The lowest BCUT2D eigenvalue weighted by Crippen LogP contribution is -2.74. The Kier molecular flexibility index (Phi) is 6.94. The first-order valence-corrected chi connectivity index (χ1v) is 21.4. The molecular formula is C51H34N4OSi. The van der Waals surface area contributed by atoms with Crippen molar-refractivity contribution in [2.45, 2.75) is 6.42 Å². The minimum absolute atomic E-state index is 0.609. The van der Waals surface area contributed by atoms with Crippen molar-refractivity contribution in [2.24, 2.45) is 0 Å². The number of para-hydroxylation sites is 3. The van der Waals surface area contributed by atoms with Crippen LogP contribution in [-0.2, 0) is 6.42 Å². The van der Waals surface area contributed by atoms with Crippen molar-refractivity contribution in [3.8, 4) is 27.9 Å². The summed E-state index contributed by atoms with van der Waals surface area (Å²) in [5.74, 6) is 1.71. The molecule has 12 rings (SSSR count). The van der Waals surface area contributed by atoms with Crippen molar-refractivity contribution < 1.29 is 4.42 Å². The van der Waals surface area contributed by atoms with Gasteiger partial charge in [0.25, 0.3) is 0 Å². The quantitative estimate of drug-likeness (QED) is 0.126. The molecule has 0 spiro atoms. The van der Waals surface area contributed by atoms with E-state index in [9.17, 15) is 0 Å². The summed E-state index contributed by atoms with van der Waals surface area (Å²) in [6.07, 6.45) is 0.859. The number of imidazole rings is 2. The van der Waals surface area contributed by atoms with Crippen LogP contribution in [0.5, 0.6) is 0 Å². The molecule has 1 aliphatic rings. The van der Waals surface area contributed by atoms with Crippen LogP contribution < -0.4 is 20.7 Å². The van der Waals surface area contributed by atoms with Crippen LogP contribution in [0.25, 0.3) is 67.0 Å². The molecule has 57 heavy (non-hydrogen) atoms. The Labute approximate surface area is 329 Å². The predicted octanol–water partition coefficient (Wildman–Crippen LogP) is 9.19. The number of hydrogen-bond acceptors (Lipinski definition) is 3. The van der Waals surface area contributed by atoms with E-state index in [-0.39, 0.29) is 0 Å². The van der Waals surface area contributed by atoms with Crippen molar-refractivity contribution in [1.82, 2.24) is 18.9 Å². The molecule has 0 bridgehead atoms. The van der Waals surface area contributed by atoms with Crippen LogP contribution in [0, 0.1) is 0 Å². The number of rotatable bonds is 6. The highest BCUT2D eigenvalue weighted by atomic mass is 28.3. The zero-order valence-electron chi connectivity index (χ0n) is 30.9. The maximum atomic E-state index is 6.14. The Morgan fingerprint density at radius 3 is 1.70 bits per heavy atom. The van der Waals surface area contributed by atoms with Gasteiger partial charge in [-0.3, -0.25) is 8.97 Å². The summed E-state index contributed by atoms with van der Waals surface area (Å²) in [4.78, 5) is 9.89. The molecule has 0 amide bonds. The van der Waals surface area contributed by atoms with E-state index in [1.54, 1.807) is 0 Å². The van der Waals surface area contributed by atoms with E-state index in [2.05, 4.69) is 185 Å². The lowest BCUT2D eigenvalue weighted by molar-refractivity contribution is 0.643. The van der Waals surface area contributed by atoms with Gasteiger partial charge < -0.3 is 4.42 Å². The highest BCUT2D eigenvalue weighted by Gasteiger charge is 2.41. The first kappa shape index (κ1) is 32.0. The number of aromatic nitrogens is 4. The normalized spacial score (nSPS) is 12.5. The number of benzene rings is 8. The largest absolute Gasteiger partial charge is 0.423 e. The van der Waals surface area contributed by atoms with Crippen molar-refractivity contribution in [2.75, 3.05) is 0 Å². The van der Waals surface area contributed by atoms with Gasteiger partial charge in [0, 0.05) is 6.42 Å². The maximum absolute atomic E-state index is 6.14. The molecule has 0 unspecified atom stereocenters. The summed E-state index contributed by atoms with van der Waals surface area (Å²) in [6, 6.07) is 71.0. The van der Waals surface area contributed by atoms with Gasteiger partial charge in [-0.05, 0) is 91.0 Å². The minimum Gasteiger partial charge on any atom is -0.423 e. The van der Waals surface area contributed by atoms with Gasteiger partial charge in [0.15, 0.2) is 13.7 Å². The molecule has 1 aliphatic heterocycles. The Morgan fingerprint density at radius 1 is 0.439 bits per heavy atom. The van der Waals surface area contributed by atoms with Crippen LogP contribution in [0.2, 0.25) is 0 Å². The number of nitrogens with zero attached hydrogens (tertiary/aromatic N) is 4. The lowest BCUT2D eigenvalue weighted by atomic mass is 10.0. The van der Waals surface area contributed by atoms with Crippen molar-refractivity contribution in [1.29, 1.82) is 0 Å². The molecule has 11 aromatic rings. The molecule has 0 fully saturated rings. The summed E-state index contributed by atoms with van der Waals surface area (Å²) < 4.78 is 10.6. The van der Waals surface area contributed by atoms with Gasteiger partial charge in [-0.25, -0.2) is 4.98 Å². The minimum atomic E-state index is -2.89. The van der Waals surface area contributed by atoms with E-state index >= 15 is 0 Å². The van der Waals surface area contributed by atoms with Crippen molar-refractivity contribution >= 4 is 67.8 Å². The standard InChI is InChI=1S/C51H34N4OSi/c1-3-16-39(17-4-1)57(40-18-5-2-6-19-40,41-20-11-14-34(29-41)36-25-27-43-47(31-36)54-45-22-8-7-13-38(45)33-50(54)52-43)42-21-12-15-35(30-42)37-26-28-44-48(32-37)55-46-23-9-10-24-49(46)56-51(55)53-44/h1-32H,33H2. The molecule has 0 atom stereocenters. The van der Waals surface area contributed by atoms with Crippen LogP contribution in [0.4, 0.5) is 0 Å². The smallest absolute Gasteiger partial charge is 0.307 e. The van der Waals surface area contributed by atoms with Crippen LogP contribution in [-0.4, -0.2) is 27.0 Å². The first-order valence-electron chi connectivity index (χ1n) is 19.4. The summed E-state index contributed by atoms with van der Waals surface area (Å²) >= 11 is 0. The second-order valence-corrected chi connectivity index (χ2v) is 18.8. The van der Waals surface area contributed by atoms with Crippen LogP contribution in [0.3, 0.4) is 0 Å². The second-order valence-electron chi connectivity index (χ2n) is 15.0. The molecule has 3 aromatic heterocycles. The zero-order valence-corrected chi connectivity index (χ0v) is 31.9. The highest BCUT2D eigenvalue weighted by molar-refractivity contribution is 7.20. The molecular weight excluding hydrogens is 713 g/mol. The van der Waals surface area contributed by atoms with E-state index in [4.69, 9.17) is 14.4 Å². The van der Waals surface area contributed by atoms with E-state index in [1.165, 1.54) is 43.1 Å². The fraction of sp³-hybridized carbons (Fsp3) is 0.0196. The summed E-state index contributed by atoms with van der Waals surface area (Å²) in [5.41, 5.74) is 13.2. The predicted molar refractivity (Wildman–Crippen MR) is 234 cm³/mol. The third kappa shape index (κ3) is 4.81. The molecule has 0 N–H and O–H groups in total. The van der Waals surface area contributed by atoms with Gasteiger partial charge in [-0.1, -0.05) is 152 Å². The Balaban J connectivity index is 1.06. The van der Waals surface area contributed by atoms with Crippen molar-refractivity contribution in [3.63, 3.8) is 0 Å². The molecule has 6 heteroatoms. The molecule has 0 aliphatic carbocycles. The Hall–Kier alpha value is -7.28. The van der Waals surface area contributed by atoms with Gasteiger partial charge in [0.1, 0.15) is 5.82 Å². The fourth-order valence-electron chi connectivity index (χ4n) is 9.34. The average molecular weight is 747 g/mol. The third-order valence-corrected chi connectivity index (χ3v) is 16.7. The van der Waals surface area contributed by atoms with Gasteiger partial charge in [0.2, 0.25) is 0 Å². The number of oxazole rings is 1. The van der Waals surface area contributed by atoms with E-state index in [0.29, 0.717) is 5.84 Å². The lowest BCUT2D eigenvalue weighted by Gasteiger charge is -2.35. The molecule has 5 nitrogen and oxygen atoms in total. The molecule has 0 saturated carbocycles. The maximum Gasteiger partial charge on any atom is 0.307 e. The number of fused-ring (bicyclic) bond motifs is 10. The zero-order chi connectivity index (χ0) is 37.5. The number of hydrogen-bond donors (Lipinski definition) is 0. The molecule has 268 valence electrons. The molecule has 8 aromatic carbocycles. The molecule has 0 radical (unpaired) electrons. The van der Waals surface area contributed by atoms with Crippen LogP contribution >= 0.6 is 0 Å². The van der Waals surface area contributed by atoms with E-state index in [1.807, 2.05) is 18.2 Å². The summed E-state index contributed by atoms with van der Waals surface area (Å²) in [7, 11) is -2.89. The topological polar surface area (TPSA) is 48.3 Å². The third-order valence-electron chi connectivity index (χ3n) is 11.9. The monoisotopic (exact) mass is 746 g/mol. The molecule has 4 heterocycles. The van der Waals surface area contributed by atoms with Crippen LogP contribution in [0.1, 0.15) is 11.4 Å². The van der Waals surface area contributed by atoms with E-state index in [0.717, 1.165) is 56.5 Å². The van der Waals surface area contributed by atoms with Crippen LogP contribution in [0.15, 0.2) is 199 Å². The highest BCUT2D eigenvalue weighted by Crippen LogP contribution is 2.34. The van der Waals surface area contributed by atoms with Crippen molar-refractivity contribution in [3.05, 3.63) is 206 Å². The Bertz CT molecular complexity index is 3300. The van der Waals surface area contributed by atoms with Gasteiger partial charge in [0.05, 0.1) is 33.3 Å². The first-order chi connectivity index (χ1) is 28.2. The average Bonchev–Trinajstić information content (AvgIpc) is 4.02. The Morgan fingerprint density at radius 2 is 1.00 bits per heavy atom. The van der Waals surface area contributed by atoms with E-state index < -0.39 is 8.07 Å².